The van der Waals surface area contributed by atoms with Crippen molar-refractivity contribution in [2.24, 2.45) is 0 Å². The van der Waals surface area contributed by atoms with Crippen molar-refractivity contribution in [2.75, 3.05) is 12.4 Å². The van der Waals surface area contributed by atoms with Crippen molar-refractivity contribution in [3.63, 3.8) is 0 Å². The van der Waals surface area contributed by atoms with Gasteiger partial charge in [-0.3, -0.25) is 14.7 Å². The lowest BCUT2D eigenvalue weighted by atomic mass is 9.93. The van der Waals surface area contributed by atoms with Gasteiger partial charge in [0.15, 0.2) is 0 Å². The van der Waals surface area contributed by atoms with E-state index in [0.717, 1.165) is 33.3 Å². The highest BCUT2D eigenvalue weighted by molar-refractivity contribution is 6.31. The van der Waals surface area contributed by atoms with E-state index in [-0.39, 0.29) is 5.91 Å². The minimum Gasteiger partial charge on any atom is -0.325 e. The number of carbonyl (C=O) groups excluding carboxylic acids is 1. The first-order valence-corrected chi connectivity index (χ1v) is 12.9. The predicted octanol–water partition coefficient (Wildman–Crippen LogP) is 4.17. The number of aromatic amines is 1. The average Bonchev–Trinajstić information content (AvgIpc) is 3.69. The van der Waals surface area contributed by atoms with Gasteiger partial charge in [-0.15, -0.1) is 5.10 Å². The van der Waals surface area contributed by atoms with Crippen LogP contribution < -0.4 is 14.9 Å². The van der Waals surface area contributed by atoms with Gasteiger partial charge in [0, 0.05) is 32.5 Å². The standard InChI is InChI=1S/C29H23ClN8O2/c1-40-38-17-20(24-15-22(30)8-12-27(24)37-18-32-35-36-37)7-11-28(38)25(13-19-5-3-2-4-6-19)29(39)33-23-9-10-26-21(14-23)16-31-34-26/h2-12,14-18,25H,13H2,1H3,(H-,31,33,34,35,36,39)/p+1. The lowest BCUT2D eigenvalue weighted by molar-refractivity contribution is -0.890. The second kappa shape index (κ2) is 11.0. The first-order valence-electron chi connectivity index (χ1n) is 12.5. The number of hydrogen-bond acceptors (Lipinski definition) is 6. The topological polar surface area (TPSA) is 114 Å². The summed E-state index contributed by atoms with van der Waals surface area (Å²) in [6.07, 6.45) is 5.55. The normalized spacial score (nSPS) is 11.8. The highest BCUT2D eigenvalue weighted by atomic mass is 35.5. The molecule has 198 valence electrons. The molecule has 10 nitrogen and oxygen atoms in total. The van der Waals surface area contributed by atoms with E-state index in [0.29, 0.717) is 22.8 Å². The maximum atomic E-state index is 13.8. The number of aromatic nitrogens is 7. The Morgan fingerprint density at radius 2 is 1.98 bits per heavy atom. The molecule has 2 N–H and O–H groups in total. The number of tetrazole rings is 1. The molecule has 0 fully saturated rings. The zero-order chi connectivity index (χ0) is 27.5. The Labute approximate surface area is 234 Å². The molecule has 0 aliphatic carbocycles. The van der Waals surface area contributed by atoms with Gasteiger partial charge in [-0.1, -0.05) is 41.9 Å². The molecule has 1 unspecified atom stereocenters. The van der Waals surface area contributed by atoms with E-state index in [4.69, 9.17) is 16.4 Å². The quantitative estimate of drug-likeness (QED) is 0.274. The van der Waals surface area contributed by atoms with Crippen LogP contribution in [0.2, 0.25) is 5.02 Å². The van der Waals surface area contributed by atoms with Crippen LogP contribution >= 0.6 is 11.6 Å². The summed E-state index contributed by atoms with van der Waals surface area (Å²) in [5.41, 5.74) is 5.64. The summed E-state index contributed by atoms with van der Waals surface area (Å²) in [7, 11) is 1.57. The first-order chi connectivity index (χ1) is 19.6. The number of nitrogens with zero attached hydrogens (tertiary/aromatic N) is 6. The molecule has 3 aromatic carbocycles. The van der Waals surface area contributed by atoms with Crippen molar-refractivity contribution < 1.29 is 14.4 Å². The number of fused-ring (bicyclic) bond motifs is 1. The fourth-order valence-corrected chi connectivity index (χ4v) is 4.89. The number of rotatable bonds is 8. The molecule has 3 aromatic heterocycles. The molecule has 0 radical (unpaired) electrons. The summed E-state index contributed by atoms with van der Waals surface area (Å²) in [6, 6.07) is 24.8. The maximum Gasteiger partial charge on any atom is 0.247 e. The van der Waals surface area contributed by atoms with Gasteiger partial charge in [0.2, 0.25) is 17.8 Å². The van der Waals surface area contributed by atoms with Gasteiger partial charge in [-0.25, -0.2) is 0 Å². The number of amides is 1. The number of nitrogens with one attached hydrogen (secondary N) is 2. The SMILES string of the molecule is CO[n+]1cc(-c2cc(Cl)ccc2-n2cnnn2)ccc1C(Cc1ccccc1)C(=O)Nc1ccc2[nH]ncc2c1. The molecule has 6 rings (SSSR count). The van der Waals surface area contributed by atoms with Crippen LogP contribution in [-0.2, 0) is 11.2 Å². The van der Waals surface area contributed by atoms with E-state index >= 15 is 0 Å². The molecular formula is C29H24ClN8O2+. The number of H-pyrrole nitrogens is 1. The Morgan fingerprint density at radius 1 is 1.10 bits per heavy atom. The molecule has 11 heteroatoms. The molecule has 40 heavy (non-hydrogen) atoms. The highest BCUT2D eigenvalue weighted by Crippen LogP contribution is 2.30. The number of benzene rings is 3. The largest absolute Gasteiger partial charge is 0.325 e. The van der Waals surface area contributed by atoms with Gasteiger partial charge < -0.3 is 5.32 Å². The van der Waals surface area contributed by atoms with Crippen LogP contribution in [0.1, 0.15) is 17.2 Å². The van der Waals surface area contributed by atoms with Crippen LogP contribution in [0.15, 0.2) is 97.6 Å². The van der Waals surface area contributed by atoms with E-state index in [2.05, 4.69) is 31.0 Å². The molecule has 0 aliphatic heterocycles. The van der Waals surface area contributed by atoms with Crippen LogP contribution in [0.5, 0.6) is 0 Å². The van der Waals surface area contributed by atoms with Crippen LogP contribution in [-0.4, -0.2) is 43.4 Å². The summed E-state index contributed by atoms with van der Waals surface area (Å²) in [4.78, 5) is 19.6. The fraction of sp³-hybridized carbons (Fsp3) is 0.103. The molecule has 0 spiro atoms. The number of anilines is 1. The van der Waals surface area contributed by atoms with Gasteiger partial charge in [0.1, 0.15) is 19.4 Å². The Balaban J connectivity index is 1.39. The number of pyridine rings is 1. The third-order valence-electron chi connectivity index (χ3n) is 6.67. The summed E-state index contributed by atoms with van der Waals surface area (Å²) in [5, 5.41) is 23.1. The molecule has 0 saturated carbocycles. The van der Waals surface area contributed by atoms with Gasteiger partial charge >= 0.3 is 0 Å². The smallest absolute Gasteiger partial charge is 0.247 e. The minimum absolute atomic E-state index is 0.164. The number of carbonyl (C=O) groups is 1. The molecule has 1 amide bonds. The summed E-state index contributed by atoms with van der Waals surface area (Å²) >= 11 is 6.36. The second-order valence-electron chi connectivity index (χ2n) is 9.17. The van der Waals surface area contributed by atoms with Gasteiger partial charge in [-0.05, 0) is 64.9 Å². The lowest BCUT2D eigenvalue weighted by Crippen LogP contribution is -2.47. The van der Waals surface area contributed by atoms with Crippen molar-refractivity contribution in [2.45, 2.75) is 12.3 Å². The average molecular weight is 552 g/mol. The molecule has 0 saturated heterocycles. The van der Waals surface area contributed by atoms with E-state index in [1.165, 1.54) is 6.33 Å². The first kappa shape index (κ1) is 25.2. The fourth-order valence-electron chi connectivity index (χ4n) is 4.72. The van der Waals surface area contributed by atoms with Crippen molar-refractivity contribution in [3.05, 3.63) is 114 Å². The molecule has 0 aliphatic rings. The lowest BCUT2D eigenvalue weighted by Gasteiger charge is -2.16. The van der Waals surface area contributed by atoms with Crippen molar-refractivity contribution in [1.29, 1.82) is 0 Å². The van der Waals surface area contributed by atoms with Crippen molar-refractivity contribution in [3.8, 4) is 16.8 Å². The minimum atomic E-state index is -0.560. The van der Waals surface area contributed by atoms with E-state index in [1.54, 1.807) is 28.8 Å². The third-order valence-corrected chi connectivity index (χ3v) is 6.91. The van der Waals surface area contributed by atoms with Gasteiger partial charge in [0.05, 0.1) is 23.0 Å². The molecule has 1 atom stereocenters. The second-order valence-corrected chi connectivity index (χ2v) is 9.61. The number of hydrogen-bond donors (Lipinski definition) is 2. The third kappa shape index (κ3) is 5.12. The zero-order valence-electron chi connectivity index (χ0n) is 21.4. The molecule has 6 aromatic rings. The van der Waals surface area contributed by atoms with Gasteiger partial charge in [-0.2, -0.15) is 9.78 Å². The van der Waals surface area contributed by atoms with E-state index < -0.39 is 5.92 Å². The van der Waals surface area contributed by atoms with Crippen molar-refractivity contribution >= 4 is 34.1 Å². The van der Waals surface area contributed by atoms with E-state index in [1.807, 2.05) is 79.0 Å². The van der Waals surface area contributed by atoms with E-state index in [9.17, 15) is 4.79 Å². The maximum absolute atomic E-state index is 13.8. The molecule has 3 heterocycles. The van der Waals surface area contributed by atoms with Crippen LogP contribution in [0.4, 0.5) is 5.69 Å². The molecule has 0 bridgehead atoms. The number of halogens is 1. The van der Waals surface area contributed by atoms with Crippen LogP contribution in [0.3, 0.4) is 0 Å². The predicted molar refractivity (Wildman–Crippen MR) is 150 cm³/mol. The summed E-state index contributed by atoms with van der Waals surface area (Å²) in [6.45, 7) is 0. The monoisotopic (exact) mass is 551 g/mol. The Hall–Kier alpha value is -5.09. The highest BCUT2D eigenvalue weighted by Gasteiger charge is 2.32. The Kier molecular flexibility index (Phi) is 6.90. The zero-order valence-corrected chi connectivity index (χ0v) is 22.2. The Morgan fingerprint density at radius 3 is 2.77 bits per heavy atom. The Bertz CT molecular complexity index is 1790. The summed E-state index contributed by atoms with van der Waals surface area (Å²) < 4.78 is 3.19. The van der Waals surface area contributed by atoms with Gasteiger partial charge in [0.25, 0.3) is 0 Å². The van der Waals surface area contributed by atoms with Crippen molar-refractivity contribution in [1.82, 2.24) is 30.4 Å². The molecular weight excluding hydrogens is 528 g/mol. The summed E-state index contributed by atoms with van der Waals surface area (Å²) in [5.74, 6) is -0.725. The van der Waals surface area contributed by atoms with Crippen LogP contribution in [0, 0.1) is 0 Å². The van der Waals surface area contributed by atoms with Crippen LogP contribution in [0.25, 0.3) is 27.7 Å².